The Labute approximate surface area is 138 Å². The molecular weight excluding hydrogens is 280 g/mol. The van der Waals surface area contributed by atoms with Crippen molar-refractivity contribution < 1.29 is 0 Å². The van der Waals surface area contributed by atoms with Gasteiger partial charge in [-0.05, 0) is 60.4 Å². The topological polar surface area (TPSA) is 27.0 Å². The quantitative estimate of drug-likeness (QED) is 0.840. The maximum atomic E-state index is 8.94. The summed E-state index contributed by atoms with van der Waals surface area (Å²) in [7, 11) is 0. The molecule has 3 aliphatic rings. The van der Waals surface area contributed by atoms with Crippen molar-refractivity contribution in [2.45, 2.75) is 38.3 Å². The van der Waals surface area contributed by atoms with Crippen LogP contribution in [0, 0.1) is 17.2 Å². The van der Waals surface area contributed by atoms with Crippen LogP contribution in [0.4, 0.5) is 0 Å². The van der Waals surface area contributed by atoms with E-state index in [1.165, 1.54) is 37.8 Å². The largest absolute Gasteiger partial charge is 0.296 e. The molecule has 2 atom stereocenters. The smallest absolute Gasteiger partial charge is 0.0991 e. The van der Waals surface area contributed by atoms with Crippen LogP contribution in [-0.2, 0) is 19.4 Å². The van der Waals surface area contributed by atoms with Crippen molar-refractivity contribution in [2.24, 2.45) is 5.92 Å². The van der Waals surface area contributed by atoms with Gasteiger partial charge in [0, 0.05) is 19.1 Å². The van der Waals surface area contributed by atoms with Gasteiger partial charge < -0.3 is 0 Å². The third-order valence-electron chi connectivity index (χ3n) is 5.47. The second-order valence-electron chi connectivity index (χ2n) is 7.01. The van der Waals surface area contributed by atoms with Gasteiger partial charge in [0.25, 0.3) is 0 Å². The Bertz CT molecular complexity index is 726. The highest BCUT2D eigenvalue weighted by Gasteiger charge is 2.31. The Kier molecular flexibility index (Phi) is 3.89. The van der Waals surface area contributed by atoms with Crippen molar-refractivity contribution in [1.29, 1.82) is 5.26 Å². The van der Waals surface area contributed by atoms with E-state index in [0.29, 0.717) is 6.04 Å². The average molecular weight is 302 g/mol. The molecular formula is C21H22N2. The van der Waals surface area contributed by atoms with E-state index in [9.17, 15) is 0 Å². The van der Waals surface area contributed by atoms with Crippen molar-refractivity contribution in [2.75, 3.05) is 6.54 Å². The highest BCUT2D eigenvalue weighted by molar-refractivity contribution is 5.32. The monoisotopic (exact) mass is 302 g/mol. The number of nitrogens with zero attached hydrogens (tertiary/aromatic N) is 2. The molecule has 0 aromatic heterocycles. The fourth-order valence-electron chi connectivity index (χ4n) is 4.21. The molecule has 5 rings (SSSR count). The number of piperidine rings is 1. The summed E-state index contributed by atoms with van der Waals surface area (Å²) >= 11 is 0. The summed E-state index contributed by atoms with van der Waals surface area (Å²) < 4.78 is 0. The second-order valence-corrected chi connectivity index (χ2v) is 7.01. The molecule has 116 valence electrons. The molecule has 0 amide bonds. The van der Waals surface area contributed by atoms with Gasteiger partial charge in [0.1, 0.15) is 0 Å². The SMILES string of the molecule is N#Cc1ccc(CN2C[C@H]3CC[C@@H]2Cc2ccccc2C3)cc1. The zero-order valence-corrected chi connectivity index (χ0v) is 13.4. The van der Waals surface area contributed by atoms with Crippen LogP contribution >= 0.6 is 0 Å². The molecule has 2 aromatic rings. The van der Waals surface area contributed by atoms with Crippen molar-refractivity contribution in [3.63, 3.8) is 0 Å². The lowest BCUT2D eigenvalue weighted by Gasteiger charge is -2.42. The van der Waals surface area contributed by atoms with Crippen LogP contribution in [0.5, 0.6) is 0 Å². The fraction of sp³-hybridized carbons (Fsp3) is 0.381. The van der Waals surface area contributed by atoms with Gasteiger partial charge in [-0.15, -0.1) is 0 Å². The number of rotatable bonds is 2. The number of hydrogen-bond acceptors (Lipinski definition) is 2. The standard InChI is InChI=1S/C21H22N2/c22-13-16-5-7-17(8-6-16)14-23-15-18-9-10-21(23)12-20-4-2-1-3-19(20)11-18/h1-8,18,21H,9-12,14-15H2/t18-,21+/m0/s1. The second kappa shape index (κ2) is 6.18. The molecule has 2 bridgehead atoms. The summed E-state index contributed by atoms with van der Waals surface area (Å²) in [5, 5.41) is 8.94. The zero-order valence-electron chi connectivity index (χ0n) is 13.4. The molecule has 1 aliphatic carbocycles. The molecule has 1 saturated heterocycles. The molecule has 2 heteroatoms. The van der Waals surface area contributed by atoms with Gasteiger partial charge in [0.15, 0.2) is 0 Å². The minimum Gasteiger partial charge on any atom is -0.296 e. The maximum Gasteiger partial charge on any atom is 0.0991 e. The lowest BCUT2D eigenvalue weighted by molar-refractivity contribution is 0.0938. The fourth-order valence-corrected chi connectivity index (χ4v) is 4.21. The predicted molar refractivity (Wildman–Crippen MR) is 91.9 cm³/mol. The first-order valence-electron chi connectivity index (χ1n) is 8.61. The van der Waals surface area contributed by atoms with Crippen LogP contribution in [0.3, 0.4) is 0 Å². The van der Waals surface area contributed by atoms with Crippen molar-refractivity contribution >= 4 is 0 Å². The first-order chi connectivity index (χ1) is 11.3. The van der Waals surface area contributed by atoms with Gasteiger partial charge in [-0.25, -0.2) is 0 Å². The molecule has 0 saturated carbocycles. The van der Waals surface area contributed by atoms with E-state index >= 15 is 0 Å². The summed E-state index contributed by atoms with van der Waals surface area (Å²) in [5.41, 5.74) is 5.19. The van der Waals surface area contributed by atoms with Crippen molar-refractivity contribution in [1.82, 2.24) is 4.90 Å². The third-order valence-corrected chi connectivity index (χ3v) is 5.47. The van der Waals surface area contributed by atoms with Crippen LogP contribution in [0.15, 0.2) is 48.5 Å². The summed E-state index contributed by atoms with van der Waals surface area (Å²) in [6.45, 7) is 2.22. The molecule has 23 heavy (non-hydrogen) atoms. The lowest BCUT2D eigenvalue weighted by atomic mass is 9.80. The van der Waals surface area contributed by atoms with Gasteiger partial charge in [0.2, 0.25) is 0 Å². The van der Waals surface area contributed by atoms with Crippen molar-refractivity contribution in [3.05, 3.63) is 70.8 Å². The van der Waals surface area contributed by atoms with Gasteiger partial charge in [-0.2, -0.15) is 5.26 Å². The Morgan fingerprint density at radius 3 is 2.43 bits per heavy atom. The van der Waals surface area contributed by atoms with Crippen LogP contribution in [0.25, 0.3) is 0 Å². The molecule has 2 aliphatic heterocycles. The molecule has 2 nitrogen and oxygen atoms in total. The Morgan fingerprint density at radius 2 is 1.70 bits per heavy atom. The van der Waals surface area contributed by atoms with E-state index in [4.69, 9.17) is 5.26 Å². The molecule has 0 unspecified atom stereocenters. The molecule has 0 spiro atoms. The van der Waals surface area contributed by atoms with Crippen LogP contribution in [-0.4, -0.2) is 17.5 Å². The van der Waals surface area contributed by atoms with Crippen molar-refractivity contribution in [3.8, 4) is 6.07 Å². The van der Waals surface area contributed by atoms with Gasteiger partial charge >= 0.3 is 0 Å². The highest BCUT2D eigenvalue weighted by atomic mass is 15.2. The van der Waals surface area contributed by atoms with E-state index < -0.39 is 0 Å². The van der Waals surface area contributed by atoms with Crippen LogP contribution in [0.2, 0.25) is 0 Å². The number of fused-ring (bicyclic) bond motifs is 2. The third kappa shape index (κ3) is 3.02. The molecule has 0 N–H and O–H groups in total. The number of hydrogen-bond donors (Lipinski definition) is 0. The lowest BCUT2D eigenvalue weighted by Crippen LogP contribution is -2.46. The van der Waals surface area contributed by atoms with E-state index in [0.717, 1.165) is 18.0 Å². The van der Waals surface area contributed by atoms with Gasteiger partial charge in [-0.3, -0.25) is 4.90 Å². The van der Waals surface area contributed by atoms with E-state index in [-0.39, 0.29) is 0 Å². The molecule has 0 radical (unpaired) electrons. The molecule has 2 heterocycles. The normalized spacial score (nSPS) is 23.6. The first-order valence-corrected chi connectivity index (χ1v) is 8.61. The highest BCUT2D eigenvalue weighted by Crippen LogP contribution is 2.33. The minimum atomic E-state index is 0.656. The maximum absolute atomic E-state index is 8.94. The minimum absolute atomic E-state index is 0.656. The van der Waals surface area contributed by atoms with Crippen LogP contribution < -0.4 is 0 Å². The summed E-state index contributed by atoms with van der Waals surface area (Å²) in [4.78, 5) is 2.67. The van der Waals surface area contributed by atoms with Gasteiger partial charge in [0.05, 0.1) is 11.6 Å². The number of benzene rings is 2. The summed E-state index contributed by atoms with van der Waals surface area (Å²) in [5.74, 6) is 0.783. The molecule has 1 fully saturated rings. The first kappa shape index (κ1) is 14.5. The summed E-state index contributed by atoms with van der Waals surface area (Å²) in [6.07, 6.45) is 5.09. The zero-order chi connectivity index (χ0) is 15.6. The van der Waals surface area contributed by atoms with E-state index in [1.807, 2.05) is 12.1 Å². The Balaban J connectivity index is 1.55. The molecule has 2 aromatic carbocycles. The Hall–Kier alpha value is -2.11. The van der Waals surface area contributed by atoms with Gasteiger partial charge in [-0.1, -0.05) is 36.4 Å². The van der Waals surface area contributed by atoms with E-state index in [2.05, 4.69) is 47.4 Å². The number of nitriles is 1. The van der Waals surface area contributed by atoms with E-state index in [1.54, 1.807) is 11.1 Å². The van der Waals surface area contributed by atoms with Crippen LogP contribution in [0.1, 0.15) is 35.1 Å². The Morgan fingerprint density at radius 1 is 0.957 bits per heavy atom. The summed E-state index contributed by atoms with van der Waals surface area (Å²) in [6, 6.07) is 19.9. The average Bonchev–Trinajstić information content (AvgIpc) is 2.56. The predicted octanol–water partition coefficient (Wildman–Crippen LogP) is 3.94.